The Morgan fingerprint density at radius 1 is 1.39 bits per heavy atom. The van der Waals surface area contributed by atoms with Crippen LogP contribution < -0.4 is 5.73 Å². The van der Waals surface area contributed by atoms with Crippen LogP contribution in [0.15, 0.2) is 5.16 Å². The van der Waals surface area contributed by atoms with Gasteiger partial charge in [0.05, 0.1) is 0 Å². The van der Waals surface area contributed by atoms with Crippen LogP contribution in [-0.2, 0) is 4.79 Å². The molecule has 0 rings (SSSR count). The largest absolute Gasteiger partial charge is 0.409 e. The van der Waals surface area contributed by atoms with Crippen molar-refractivity contribution in [1.82, 2.24) is 4.90 Å². The molecule has 3 N–H and O–H groups in total. The molecule has 1 amide bonds. The summed E-state index contributed by atoms with van der Waals surface area (Å²) in [5.41, 5.74) is 4.75. The number of hydrogen-bond acceptors (Lipinski definition) is 3. The van der Waals surface area contributed by atoms with E-state index in [0.29, 0.717) is 18.9 Å². The molecule has 18 heavy (non-hydrogen) atoms. The first-order chi connectivity index (χ1) is 8.20. The highest BCUT2D eigenvalue weighted by atomic mass is 16.4. The molecule has 0 spiro atoms. The molecular weight excluding hydrogens is 230 g/mol. The highest BCUT2D eigenvalue weighted by molar-refractivity contribution is 6.06. The van der Waals surface area contributed by atoms with Gasteiger partial charge in [0.1, 0.15) is 5.41 Å². The third-order valence-electron chi connectivity index (χ3n) is 3.30. The Hall–Kier alpha value is -1.26. The number of rotatable bonds is 6. The molecule has 0 aromatic carbocycles. The summed E-state index contributed by atoms with van der Waals surface area (Å²) < 4.78 is 0. The summed E-state index contributed by atoms with van der Waals surface area (Å²) in [5.74, 6) is 0.276. The highest BCUT2D eigenvalue weighted by Gasteiger charge is 2.40. The quantitative estimate of drug-likeness (QED) is 0.331. The maximum atomic E-state index is 12.6. The van der Waals surface area contributed by atoms with Gasteiger partial charge in [0, 0.05) is 12.6 Å². The van der Waals surface area contributed by atoms with Gasteiger partial charge in [-0.25, -0.2) is 0 Å². The zero-order valence-electron chi connectivity index (χ0n) is 12.4. The van der Waals surface area contributed by atoms with Crippen LogP contribution >= 0.6 is 0 Å². The Morgan fingerprint density at radius 2 is 1.89 bits per heavy atom. The number of oxime groups is 1. The summed E-state index contributed by atoms with van der Waals surface area (Å²) in [6, 6.07) is 0.0947. The monoisotopic (exact) mass is 257 g/mol. The second-order valence-corrected chi connectivity index (χ2v) is 5.62. The van der Waals surface area contributed by atoms with Crippen LogP contribution in [0.4, 0.5) is 0 Å². The number of carbonyl (C=O) groups is 1. The molecule has 106 valence electrons. The number of carbonyl (C=O) groups excluding carboxylic acids is 1. The van der Waals surface area contributed by atoms with E-state index in [1.807, 2.05) is 20.8 Å². The van der Waals surface area contributed by atoms with Crippen molar-refractivity contribution in [3.05, 3.63) is 0 Å². The van der Waals surface area contributed by atoms with E-state index in [9.17, 15) is 4.79 Å². The highest BCUT2D eigenvalue weighted by Crippen LogP contribution is 2.26. The van der Waals surface area contributed by atoms with Crippen LogP contribution in [0.5, 0.6) is 0 Å². The molecule has 0 radical (unpaired) electrons. The van der Waals surface area contributed by atoms with Gasteiger partial charge in [-0.3, -0.25) is 4.79 Å². The normalized spacial score (nSPS) is 15.9. The van der Waals surface area contributed by atoms with Gasteiger partial charge in [-0.05, 0) is 33.1 Å². The minimum absolute atomic E-state index is 0.0237. The van der Waals surface area contributed by atoms with Gasteiger partial charge in [0.15, 0.2) is 5.84 Å². The first kappa shape index (κ1) is 16.7. The van der Waals surface area contributed by atoms with Crippen LogP contribution in [0.2, 0.25) is 0 Å². The molecule has 0 aliphatic rings. The number of amides is 1. The van der Waals surface area contributed by atoms with E-state index >= 15 is 0 Å². The van der Waals surface area contributed by atoms with Crippen molar-refractivity contribution in [2.45, 2.75) is 54.0 Å². The maximum Gasteiger partial charge on any atom is 0.236 e. The summed E-state index contributed by atoms with van der Waals surface area (Å²) in [6.45, 7) is 12.3. The molecule has 0 aromatic rings. The first-order valence-electron chi connectivity index (χ1n) is 6.49. The SMILES string of the molecule is CCC(C)(C(=O)N(CC(C)C)C(C)C)C(N)=NO. The second kappa shape index (κ2) is 6.61. The molecule has 5 heteroatoms. The molecule has 1 unspecified atom stereocenters. The Balaban J connectivity index is 5.28. The van der Waals surface area contributed by atoms with Crippen molar-refractivity contribution in [1.29, 1.82) is 0 Å². The summed E-state index contributed by atoms with van der Waals surface area (Å²) in [5, 5.41) is 11.9. The van der Waals surface area contributed by atoms with Crippen molar-refractivity contribution in [3.8, 4) is 0 Å². The Kier molecular flexibility index (Phi) is 6.15. The molecule has 0 saturated carbocycles. The van der Waals surface area contributed by atoms with E-state index < -0.39 is 5.41 Å². The number of nitrogens with two attached hydrogens (primary N) is 1. The fourth-order valence-electron chi connectivity index (χ4n) is 1.79. The van der Waals surface area contributed by atoms with Crippen LogP contribution in [-0.4, -0.2) is 34.4 Å². The smallest absolute Gasteiger partial charge is 0.236 e. The van der Waals surface area contributed by atoms with Crippen LogP contribution in [0, 0.1) is 11.3 Å². The number of hydrogen-bond donors (Lipinski definition) is 2. The molecule has 0 bridgehead atoms. The molecule has 0 heterocycles. The Morgan fingerprint density at radius 3 is 2.17 bits per heavy atom. The van der Waals surface area contributed by atoms with Crippen LogP contribution in [0.3, 0.4) is 0 Å². The van der Waals surface area contributed by atoms with Crippen molar-refractivity contribution >= 4 is 11.7 Å². The van der Waals surface area contributed by atoms with Gasteiger partial charge in [0.25, 0.3) is 0 Å². The maximum absolute atomic E-state index is 12.6. The lowest BCUT2D eigenvalue weighted by molar-refractivity contribution is -0.140. The fraction of sp³-hybridized carbons (Fsp3) is 0.846. The molecule has 0 aromatic heterocycles. The van der Waals surface area contributed by atoms with E-state index in [1.54, 1.807) is 11.8 Å². The molecule has 5 nitrogen and oxygen atoms in total. The van der Waals surface area contributed by atoms with E-state index in [4.69, 9.17) is 10.9 Å². The summed E-state index contributed by atoms with van der Waals surface area (Å²) in [7, 11) is 0. The topological polar surface area (TPSA) is 78.9 Å². The van der Waals surface area contributed by atoms with E-state index in [-0.39, 0.29) is 17.8 Å². The fourth-order valence-corrected chi connectivity index (χ4v) is 1.79. The average Bonchev–Trinajstić information content (AvgIpc) is 2.32. The first-order valence-corrected chi connectivity index (χ1v) is 6.49. The lowest BCUT2D eigenvalue weighted by atomic mass is 9.84. The molecular formula is C13H27N3O2. The molecule has 0 aliphatic carbocycles. The predicted octanol–water partition coefficient (Wildman–Crippen LogP) is 2.04. The zero-order valence-corrected chi connectivity index (χ0v) is 12.4. The predicted molar refractivity (Wildman–Crippen MR) is 73.5 cm³/mol. The van der Waals surface area contributed by atoms with Gasteiger partial charge in [-0.2, -0.15) is 0 Å². The minimum atomic E-state index is -0.937. The number of amidine groups is 1. The lowest BCUT2D eigenvalue weighted by Gasteiger charge is -2.36. The van der Waals surface area contributed by atoms with E-state index in [2.05, 4.69) is 19.0 Å². The summed E-state index contributed by atoms with van der Waals surface area (Å²) in [4.78, 5) is 14.4. The minimum Gasteiger partial charge on any atom is -0.409 e. The Labute approximate surface area is 110 Å². The van der Waals surface area contributed by atoms with Gasteiger partial charge in [-0.1, -0.05) is 25.9 Å². The second-order valence-electron chi connectivity index (χ2n) is 5.62. The van der Waals surface area contributed by atoms with E-state index in [0.717, 1.165) is 0 Å². The number of nitrogens with zero attached hydrogens (tertiary/aromatic N) is 2. The van der Waals surface area contributed by atoms with Gasteiger partial charge >= 0.3 is 0 Å². The molecule has 0 aliphatic heterocycles. The molecule has 1 atom stereocenters. The van der Waals surface area contributed by atoms with Crippen molar-refractivity contribution < 1.29 is 10.0 Å². The van der Waals surface area contributed by atoms with Crippen molar-refractivity contribution in [2.24, 2.45) is 22.2 Å². The van der Waals surface area contributed by atoms with E-state index in [1.165, 1.54) is 0 Å². The summed E-state index contributed by atoms with van der Waals surface area (Å²) >= 11 is 0. The third kappa shape index (κ3) is 3.62. The van der Waals surface area contributed by atoms with Crippen LogP contribution in [0.25, 0.3) is 0 Å². The molecule has 0 saturated heterocycles. The van der Waals surface area contributed by atoms with Gasteiger partial charge in [0.2, 0.25) is 5.91 Å². The Bertz CT molecular complexity index is 313. The zero-order chi connectivity index (χ0) is 14.5. The standard InChI is InChI=1S/C13H27N3O2/c1-7-13(6,11(14)15-18)12(17)16(10(4)5)8-9(2)3/h9-10,18H,7-8H2,1-6H3,(H2,14,15). The van der Waals surface area contributed by atoms with Gasteiger partial charge < -0.3 is 15.8 Å². The lowest BCUT2D eigenvalue weighted by Crippen LogP contribution is -2.52. The van der Waals surface area contributed by atoms with Crippen molar-refractivity contribution in [2.75, 3.05) is 6.54 Å². The van der Waals surface area contributed by atoms with Crippen LogP contribution in [0.1, 0.15) is 48.0 Å². The average molecular weight is 257 g/mol. The molecule has 0 fully saturated rings. The van der Waals surface area contributed by atoms with Crippen molar-refractivity contribution in [3.63, 3.8) is 0 Å². The third-order valence-corrected chi connectivity index (χ3v) is 3.30. The van der Waals surface area contributed by atoms with Gasteiger partial charge in [-0.15, -0.1) is 0 Å². The summed E-state index contributed by atoms with van der Waals surface area (Å²) in [6.07, 6.45) is 0.503.